The SMILES string of the molecule is C=CCC1(O)CCCN(CCC)CC1. The Morgan fingerprint density at radius 1 is 1.43 bits per heavy atom. The zero-order valence-corrected chi connectivity index (χ0v) is 9.34. The first-order chi connectivity index (χ1) is 6.70. The first-order valence-corrected chi connectivity index (χ1v) is 5.76. The number of hydrogen-bond acceptors (Lipinski definition) is 2. The Bertz CT molecular complexity index is 181. The van der Waals surface area contributed by atoms with Gasteiger partial charge in [0.25, 0.3) is 0 Å². The Hall–Kier alpha value is -0.340. The minimum atomic E-state index is -0.468. The summed E-state index contributed by atoms with van der Waals surface area (Å²) in [7, 11) is 0. The molecule has 0 spiro atoms. The molecule has 2 nitrogen and oxygen atoms in total. The summed E-state index contributed by atoms with van der Waals surface area (Å²) in [5, 5.41) is 10.2. The Kier molecular flexibility index (Phi) is 4.63. The third kappa shape index (κ3) is 3.43. The molecule has 82 valence electrons. The molecule has 2 heteroatoms. The van der Waals surface area contributed by atoms with Crippen molar-refractivity contribution in [2.75, 3.05) is 19.6 Å². The van der Waals surface area contributed by atoms with E-state index in [0.717, 1.165) is 38.8 Å². The number of hydrogen-bond donors (Lipinski definition) is 1. The van der Waals surface area contributed by atoms with Gasteiger partial charge >= 0.3 is 0 Å². The van der Waals surface area contributed by atoms with Gasteiger partial charge in [-0.25, -0.2) is 0 Å². The fourth-order valence-corrected chi connectivity index (χ4v) is 2.25. The maximum absolute atomic E-state index is 10.2. The molecule has 1 heterocycles. The molecule has 1 aliphatic heterocycles. The molecule has 0 aromatic heterocycles. The van der Waals surface area contributed by atoms with Gasteiger partial charge in [-0.15, -0.1) is 6.58 Å². The predicted octanol–water partition coefficient (Wildman–Crippen LogP) is 2.19. The molecule has 1 rings (SSSR count). The van der Waals surface area contributed by atoms with Gasteiger partial charge in [0.15, 0.2) is 0 Å². The molecule has 1 aliphatic rings. The maximum Gasteiger partial charge on any atom is 0.0694 e. The lowest BCUT2D eigenvalue weighted by molar-refractivity contribution is 0.0284. The van der Waals surface area contributed by atoms with Crippen LogP contribution in [-0.2, 0) is 0 Å². The molecular weight excluding hydrogens is 174 g/mol. The molecule has 1 fully saturated rings. The van der Waals surface area contributed by atoms with Crippen molar-refractivity contribution in [2.45, 2.75) is 44.6 Å². The van der Waals surface area contributed by atoms with Crippen LogP contribution in [0.15, 0.2) is 12.7 Å². The van der Waals surface area contributed by atoms with Gasteiger partial charge in [0.05, 0.1) is 5.60 Å². The normalized spacial score (nSPS) is 29.9. The molecule has 0 aromatic carbocycles. The lowest BCUT2D eigenvalue weighted by Crippen LogP contribution is -2.31. The van der Waals surface area contributed by atoms with Gasteiger partial charge in [-0.1, -0.05) is 13.0 Å². The lowest BCUT2D eigenvalue weighted by Gasteiger charge is -2.25. The van der Waals surface area contributed by atoms with Crippen molar-refractivity contribution in [3.8, 4) is 0 Å². The zero-order valence-electron chi connectivity index (χ0n) is 9.34. The van der Waals surface area contributed by atoms with Crippen LogP contribution in [0.2, 0.25) is 0 Å². The van der Waals surface area contributed by atoms with Crippen LogP contribution in [0.5, 0.6) is 0 Å². The third-order valence-electron chi connectivity index (χ3n) is 3.07. The fraction of sp³-hybridized carbons (Fsp3) is 0.833. The van der Waals surface area contributed by atoms with E-state index in [9.17, 15) is 5.11 Å². The van der Waals surface area contributed by atoms with Crippen LogP contribution in [0.3, 0.4) is 0 Å². The molecule has 1 N–H and O–H groups in total. The van der Waals surface area contributed by atoms with Crippen LogP contribution in [0.25, 0.3) is 0 Å². The predicted molar refractivity (Wildman–Crippen MR) is 60.3 cm³/mol. The summed E-state index contributed by atoms with van der Waals surface area (Å²) in [5.41, 5.74) is -0.468. The number of rotatable bonds is 4. The summed E-state index contributed by atoms with van der Waals surface area (Å²) in [4.78, 5) is 2.46. The summed E-state index contributed by atoms with van der Waals surface area (Å²) in [5.74, 6) is 0. The highest BCUT2D eigenvalue weighted by atomic mass is 16.3. The summed E-state index contributed by atoms with van der Waals surface area (Å²) >= 11 is 0. The quantitative estimate of drug-likeness (QED) is 0.698. The molecule has 0 radical (unpaired) electrons. The van der Waals surface area contributed by atoms with Gasteiger partial charge in [0.2, 0.25) is 0 Å². The summed E-state index contributed by atoms with van der Waals surface area (Å²) in [6.45, 7) is 9.28. The average molecular weight is 197 g/mol. The zero-order chi connectivity index (χ0) is 10.4. The second-order valence-corrected chi connectivity index (χ2v) is 4.41. The van der Waals surface area contributed by atoms with Crippen LogP contribution < -0.4 is 0 Å². The van der Waals surface area contributed by atoms with Crippen molar-refractivity contribution in [1.29, 1.82) is 0 Å². The van der Waals surface area contributed by atoms with Crippen LogP contribution in [0.4, 0.5) is 0 Å². The van der Waals surface area contributed by atoms with E-state index in [1.165, 1.54) is 13.0 Å². The standard InChI is InChI=1S/C12H23NO/c1-3-6-12(14)7-5-10-13(9-4-2)11-8-12/h3,14H,1,4-11H2,2H3. The minimum absolute atomic E-state index is 0.468. The molecular formula is C12H23NO. The third-order valence-corrected chi connectivity index (χ3v) is 3.07. The first-order valence-electron chi connectivity index (χ1n) is 5.76. The highest BCUT2D eigenvalue weighted by Gasteiger charge is 2.28. The van der Waals surface area contributed by atoms with E-state index < -0.39 is 5.60 Å². The summed E-state index contributed by atoms with van der Waals surface area (Å²) in [6, 6.07) is 0. The first kappa shape index (κ1) is 11.7. The highest BCUT2D eigenvalue weighted by molar-refractivity contribution is 4.89. The number of nitrogens with zero attached hydrogens (tertiary/aromatic N) is 1. The topological polar surface area (TPSA) is 23.5 Å². The molecule has 1 saturated heterocycles. The number of likely N-dealkylation sites (tertiary alicyclic amines) is 1. The molecule has 14 heavy (non-hydrogen) atoms. The Labute approximate surface area is 87.6 Å². The molecule has 1 unspecified atom stereocenters. The van der Waals surface area contributed by atoms with Crippen molar-refractivity contribution in [3.63, 3.8) is 0 Å². The van der Waals surface area contributed by atoms with Crippen molar-refractivity contribution in [1.82, 2.24) is 4.90 Å². The largest absolute Gasteiger partial charge is 0.390 e. The van der Waals surface area contributed by atoms with Gasteiger partial charge in [-0.2, -0.15) is 0 Å². The lowest BCUT2D eigenvalue weighted by atomic mass is 9.91. The maximum atomic E-state index is 10.2. The van der Waals surface area contributed by atoms with Crippen LogP contribution >= 0.6 is 0 Å². The fourth-order valence-electron chi connectivity index (χ4n) is 2.25. The van der Waals surface area contributed by atoms with E-state index >= 15 is 0 Å². The van der Waals surface area contributed by atoms with Gasteiger partial charge in [0.1, 0.15) is 0 Å². The van der Waals surface area contributed by atoms with Crippen molar-refractivity contribution in [3.05, 3.63) is 12.7 Å². The molecule has 0 saturated carbocycles. The van der Waals surface area contributed by atoms with E-state index in [1.54, 1.807) is 0 Å². The molecule has 0 aliphatic carbocycles. The van der Waals surface area contributed by atoms with Crippen molar-refractivity contribution >= 4 is 0 Å². The Morgan fingerprint density at radius 2 is 2.21 bits per heavy atom. The summed E-state index contributed by atoms with van der Waals surface area (Å²) in [6.07, 6.45) is 6.74. The van der Waals surface area contributed by atoms with Gasteiger partial charge in [-0.3, -0.25) is 0 Å². The van der Waals surface area contributed by atoms with Gasteiger partial charge in [-0.05, 0) is 45.2 Å². The molecule has 0 amide bonds. The van der Waals surface area contributed by atoms with Crippen LogP contribution in [-0.4, -0.2) is 35.2 Å². The highest BCUT2D eigenvalue weighted by Crippen LogP contribution is 2.25. The van der Waals surface area contributed by atoms with E-state index in [1.807, 2.05) is 6.08 Å². The van der Waals surface area contributed by atoms with Crippen molar-refractivity contribution < 1.29 is 5.11 Å². The Balaban J connectivity index is 2.43. The van der Waals surface area contributed by atoms with E-state index in [-0.39, 0.29) is 0 Å². The molecule has 0 bridgehead atoms. The second-order valence-electron chi connectivity index (χ2n) is 4.41. The smallest absolute Gasteiger partial charge is 0.0694 e. The summed E-state index contributed by atoms with van der Waals surface area (Å²) < 4.78 is 0. The number of aliphatic hydroxyl groups is 1. The molecule has 0 aromatic rings. The Morgan fingerprint density at radius 3 is 2.86 bits per heavy atom. The van der Waals surface area contributed by atoms with Crippen molar-refractivity contribution in [2.24, 2.45) is 0 Å². The minimum Gasteiger partial charge on any atom is -0.390 e. The van der Waals surface area contributed by atoms with Crippen LogP contribution in [0.1, 0.15) is 39.0 Å². The van der Waals surface area contributed by atoms with Gasteiger partial charge < -0.3 is 10.0 Å². The average Bonchev–Trinajstić information content (AvgIpc) is 2.30. The monoisotopic (exact) mass is 197 g/mol. The van der Waals surface area contributed by atoms with Gasteiger partial charge in [0, 0.05) is 6.54 Å². The van der Waals surface area contributed by atoms with E-state index in [0.29, 0.717) is 0 Å². The van der Waals surface area contributed by atoms with E-state index in [4.69, 9.17) is 0 Å². The molecule has 1 atom stereocenters. The second kappa shape index (κ2) is 5.52. The van der Waals surface area contributed by atoms with E-state index in [2.05, 4.69) is 18.4 Å². The van der Waals surface area contributed by atoms with Crippen LogP contribution in [0, 0.1) is 0 Å².